The average molecular weight is 235 g/mol. The normalized spacial score (nSPS) is 17.6. The number of aromatic nitrogens is 3. The maximum atomic E-state index is 14.3. The fourth-order valence-corrected chi connectivity index (χ4v) is 2.64. The SMILES string of the molecule is Cn1ncc2c(c(F)c3n2CC(C)(C)C3)c1=O. The van der Waals surface area contributed by atoms with E-state index in [1.807, 2.05) is 4.57 Å². The standard InChI is InChI=1S/C12H14FN3O/c1-12(2)4-7-10(13)9-8(16(7)6-12)5-14-15(3)11(9)17/h5H,4,6H2,1-3H3. The zero-order valence-electron chi connectivity index (χ0n) is 10.1. The summed E-state index contributed by atoms with van der Waals surface area (Å²) in [7, 11) is 1.54. The molecule has 0 spiro atoms. The molecular formula is C12H14FN3O. The fraction of sp³-hybridized carbons (Fsp3) is 0.500. The van der Waals surface area contributed by atoms with Crippen molar-refractivity contribution in [2.24, 2.45) is 12.5 Å². The molecule has 2 aromatic rings. The van der Waals surface area contributed by atoms with Gasteiger partial charge in [0.15, 0.2) is 5.82 Å². The van der Waals surface area contributed by atoms with Gasteiger partial charge in [0, 0.05) is 13.6 Å². The zero-order chi connectivity index (χ0) is 12.4. The van der Waals surface area contributed by atoms with Crippen molar-refractivity contribution in [3.8, 4) is 0 Å². The van der Waals surface area contributed by atoms with Crippen molar-refractivity contribution >= 4 is 10.9 Å². The molecule has 0 aromatic carbocycles. The quantitative estimate of drug-likeness (QED) is 0.693. The van der Waals surface area contributed by atoms with Gasteiger partial charge in [0.25, 0.3) is 5.56 Å². The van der Waals surface area contributed by atoms with Crippen LogP contribution in [0, 0.1) is 11.2 Å². The van der Waals surface area contributed by atoms with Crippen LogP contribution < -0.4 is 5.56 Å². The molecule has 5 heteroatoms. The molecule has 1 aliphatic heterocycles. The van der Waals surface area contributed by atoms with Crippen LogP contribution >= 0.6 is 0 Å². The van der Waals surface area contributed by atoms with Crippen LogP contribution in [0.3, 0.4) is 0 Å². The van der Waals surface area contributed by atoms with Crippen molar-refractivity contribution in [3.05, 3.63) is 28.1 Å². The van der Waals surface area contributed by atoms with Crippen LogP contribution in [0.15, 0.2) is 11.0 Å². The molecule has 90 valence electrons. The van der Waals surface area contributed by atoms with Gasteiger partial charge in [-0.15, -0.1) is 0 Å². The van der Waals surface area contributed by atoms with Crippen molar-refractivity contribution in [1.82, 2.24) is 14.3 Å². The lowest BCUT2D eigenvalue weighted by Gasteiger charge is -2.15. The van der Waals surface area contributed by atoms with Crippen LogP contribution in [0.5, 0.6) is 0 Å². The van der Waals surface area contributed by atoms with E-state index in [4.69, 9.17) is 0 Å². The van der Waals surface area contributed by atoms with E-state index in [0.717, 1.165) is 6.54 Å². The smallest absolute Gasteiger partial charge is 0.278 e. The molecule has 0 fully saturated rings. The lowest BCUT2D eigenvalue weighted by molar-refractivity contribution is 0.361. The van der Waals surface area contributed by atoms with E-state index >= 15 is 0 Å². The highest BCUT2D eigenvalue weighted by Gasteiger charge is 2.34. The van der Waals surface area contributed by atoms with E-state index in [1.54, 1.807) is 6.20 Å². The van der Waals surface area contributed by atoms with Crippen LogP contribution in [0.4, 0.5) is 4.39 Å². The summed E-state index contributed by atoms with van der Waals surface area (Å²) in [5, 5.41) is 4.14. The van der Waals surface area contributed by atoms with E-state index in [9.17, 15) is 9.18 Å². The summed E-state index contributed by atoms with van der Waals surface area (Å²) in [6.07, 6.45) is 2.24. The topological polar surface area (TPSA) is 39.8 Å². The first kappa shape index (κ1) is 10.5. The first-order valence-corrected chi connectivity index (χ1v) is 5.63. The summed E-state index contributed by atoms with van der Waals surface area (Å²) in [5.74, 6) is -0.367. The van der Waals surface area contributed by atoms with E-state index in [0.29, 0.717) is 17.6 Å². The highest BCUT2D eigenvalue weighted by molar-refractivity contribution is 5.80. The average Bonchev–Trinajstić information content (AvgIpc) is 2.67. The Morgan fingerprint density at radius 1 is 1.47 bits per heavy atom. The van der Waals surface area contributed by atoms with Crippen molar-refractivity contribution in [1.29, 1.82) is 0 Å². The van der Waals surface area contributed by atoms with Crippen LogP contribution in [0.25, 0.3) is 10.9 Å². The molecule has 0 N–H and O–H groups in total. The van der Waals surface area contributed by atoms with Crippen molar-refractivity contribution in [2.45, 2.75) is 26.8 Å². The molecular weight excluding hydrogens is 221 g/mol. The number of hydrogen-bond donors (Lipinski definition) is 0. The van der Waals surface area contributed by atoms with Crippen LogP contribution in [-0.2, 0) is 20.0 Å². The second-order valence-corrected chi connectivity index (χ2v) is 5.52. The van der Waals surface area contributed by atoms with Crippen LogP contribution in [0.2, 0.25) is 0 Å². The van der Waals surface area contributed by atoms with Crippen LogP contribution in [0.1, 0.15) is 19.5 Å². The minimum Gasteiger partial charge on any atom is -0.340 e. The Morgan fingerprint density at radius 3 is 2.88 bits per heavy atom. The molecule has 0 radical (unpaired) electrons. The summed E-state index contributed by atoms with van der Waals surface area (Å²) in [6, 6.07) is 0. The Balaban J connectivity index is 2.41. The molecule has 0 unspecified atom stereocenters. The lowest BCUT2D eigenvalue weighted by Crippen LogP contribution is -2.20. The van der Waals surface area contributed by atoms with Gasteiger partial charge in [0.2, 0.25) is 0 Å². The highest BCUT2D eigenvalue weighted by Crippen LogP contribution is 2.37. The number of nitrogens with zero attached hydrogens (tertiary/aromatic N) is 3. The van der Waals surface area contributed by atoms with Crippen LogP contribution in [-0.4, -0.2) is 14.3 Å². The second-order valence-electron chi connectivity index (χ2n) is 5.52. The number of aryl methyl sites for hydroxylation is 1. The van der Waals surface area contributed by atoms with Gasteiger partial charge < -0.3 is 4.57 Å². The Bertz CT molecular complexity index is 681. The molecule has 1 aliphatic rings. The lowest BCUT2D eigenvalue weighted by atomic mass is 9.91. The first-order valence-electron chi connectivity index (χ1n) is 5.63. The molecule has 0 atom stereocenters. The van der Waals surface area contributed by atoms with Crippen molar-refractivity contribution < 1.29 is 4.39 Å². The van der Waals surface area contributed by atoms with E-state index in [2.05, 4.69) is 18.9 Å². The summed E-state index contributed by atoms with van der Waals surface area (Å²) < 4.78 is 17.3. The van der Waals surface area contributed by atoms with Crippen molar-refractivity contribution in [3.63, 3.8) is 0 Å². The number of rotatable bonds is 0. The first-order chi connectivity index (χ1) is 7.91. The highest BCUT2D eigenvalue weighted by atomic mass is 19.1. The molecule has 0 saturated heterocycles. The third kappa shape index (κ3) is 1.28. The molecule has 0 bridgehead atoms. The van der Waals surface area contributed by atoms with Gasteiger partial charge >= 0.3 is 0 Å². The summed E-state index contributed by atoms with van der Waals surface area (Å²) in [6.45, 7) is 4.93. The molecule has 0 saturated carbocycles. The van der Waals surface area contributed by atoms with E-state index in [-0.39, 0.29) is 22.2 Å². The van der Waals surface area contributed by atoms with Gasteiger partial charge in [-0.05, 0) is 11.8 Å². The predicted octanol–water partition coefficient (Wildman–Crippen LogP) is 1.46. The molecule has 3 heterocycles. The summed E-state index contributed by atoms with van der Waals surface area (Å²) in [4.78, 5) is 11.9. The summed E-state index contributed by atoms with van der Waals surface area (Å²) in [5.41, 5.74) is 0.937. The molecule has 4 nitrogen and oxygen atoms in total. The molecule has 2 aromatic heterocycles. The predicted molar refractivity (Wildman–Crippen MR) is 62.4 cm³/mol. The minimum atomic E-state index is -0.367. The van der Waals surface area contributed by atoms with Gasteiger partial charge in [0.05, 0.1) is 17.4 Å². The Morgan fingerprint density at radius 2 is 2.18 bits per heavy atom. The number of halogens is 1. The molecule has 17 heavy (non-hydrogen) atoms. The van der Waals surface area contributed by atoms with Gasteiger partial charge in [-0.3, -0.25) is 4.79 Å². The largest absolute Gasteiger partial charge is 0.340 e. The number of hydrogen-bond acceptors (Lipinski definition) is 2. The monoisotopic (exact) mass is 235 g/mol. The van der Waals surface area contributed by atoms with Gasteiger partial charge in [-0.2, -0.15) is 5.10 Å². The zero-order valence-corrected chi connectivity index (χ0v) is 10.1. The number of fused-ring (bicyclic) bond motifs is 3. The Labute approximate surface area is 97.7 Å². The molecule has 0 aliphatic carbocycles. The Kier molecular flexibility index (Phi) is 1.83. The maximum Gasteiger partial charge on any atom is 0.278 e. The van der Waals surface area contributed by atoms with E-state index in [1.165, 1.54) is 11.7 Å². The minimum absolute atomic E-state index is 0.0471. The van der Waals surface area contributed by atoms with Gasteiger partial charge in [-0.25, -0.2) is 9.07 Å². The van der Waals surface area contributed by atoms with E-state index < -0.39 is 0 Å². The maximum absolute atomic E-state index is 14.3. The summed E-state index contributed by atoms with van der Waals surface area (Å²) >= 11 is 0. The third-order valence-electron chi connectivity index (χ3n) is 3.44. The molecule has 3 rings (SSSR count). The van der Waals surface area contributed by atoms with Gasteiger partial charge in [-0.1, -0.05) is 13.8 Å². The fourth-order valence-electron chi connectivity index (χ4n) is 2.64. The Hall–Kier alpha value is -1.65. The van der Waals surface area contributed by atoms with Crippen molar-refractivity contribution in [2.75, 3.05) is 0 Å². The second kappa shape index (κ2) is 2.97. The third-order valence-corrected chi connectivity index (χ3v) is 3.44. The van der Waals surface area contributed by atoms with Gasteiger partial charge in [0.1, 0.15) is 5.39 Å². The molecule has 0 amide bonds.